The van der Waals surface area contributed by atoms with Crippen LogP contribution in [0.4, 0.5) is 5.82 Å². The molecule has 6 heteroatoms. The molecule has 0 saturated carbocycles. The summed E-state index contributed by atoms with van der Waals surface area (Å²) in [5.41, 5.74) is -0.442. The lowest BCUT2D eigenvalue weighted by Gasteiger charge is -2.20. The molecule has 2 aromatic heterocycles. The highest BCUT2D eigenvalue weighted by Gasteiger charge is 2.22. The third kappa shape index (κ3) is 3.92. The Kier molecular flexibility index (Phi) is 4.07. The summed E-state index contributed by atoms with van der Waals surface area (Å²) in [5, 5.41) is 2.53. The molecule has 1 N–H and O–H groups in total. The summed E-state index contributed by atoms with van der Waals surface area (Å²) in [4.78, 5) is 28.1. The van der Waals surface area contributed by atoms with Crippen molar-refractivity contribution < 1.29 is 18.7 Å². The first-order valence-corrected chi connectivity index (χ1v) is 6.40. The number of esters is 1. The molecule has 0 aliphatic carbocycles. The predicted molar refractivity (Wildman–Crippen MR) is 76.1 cm³/mol. The van der Waals surface area contributed by atoms with Crippen molar-refractivity contribution in [2.24, 2.45) is 0 Å². The summed E-state index contributed by atoms with van der Waals surface area (Å²) >= 11 is 0. The van der Waals surface area contributed by atoms with Gasteiger partial charge in [0.2, 0.25) is 0 Å². The van der Waals surface area contributed by atoms with Crippen LogP contribution in [-0.4, -0.2) is 22.5 Å². The van der Waals surface area contributed by atoms with Crippen LogP contribution in [0, 0.1) is 0 Å². The van der Waals surface area contributed by atoms with Gasteiger partial charge in [0.05, 0.1) is 6.26 Å². The summed E-state index contributed by atoms with van der Waals surface area (Å²) in [6.07, 6.45) is 2.87. The molecule has 0 unspecified atom stereocenters. The van der Waals surface area contributed by atoms with Crippen molar-refractivity contribution in [2.45, 2.75) is 26.4 Å². The van der Waals surface area contributed by atoms with E-state index in [-0.39, 0.29) is 17.1 Å². The summed E-state index contributed by atoms with van der Waals surface area (Å²) < 4.78 is 10.3. The van der Waals surface area contributed by atoms with Crippen molar-refractivity contribution in [3.63, 3.8) is 0 Å². The van der Waals surface area contributed by atoms with Crippen LogP contribution in [0.1, 0.15) is 41.7 Å². The molecule has 2 heterocycles. The topological polar surface area (TPSA) is 81.4 Å². The van der Waals surface area contributed by atoms with Gasteiger partial charge in [-0.25, -0.2) is 9.78 Å². The maximum Gasteiger partial charge on any atom is 0.342 e. The normalized spacial score (nSPS) is 11.0. The summed E-state index contributed by atoms with van der Waals surface area (Å²) in [5.74, 6) is -0.766. The van der Waals surface area contributed by atoms with Crippen molar-refractivity contribution in [1.29, 1.82) is 0 Å². The Bertz CT molecular complexity index is 642. The van der Waals surface area contributed by atoms with E-state index in [1.807, 2.05) is 0 Å². The van der Waals surface area contributed by atoms with Gasteiger partial charge in [0.1, 0.15) is 17.0 Å². The number of hydrogen-bond donors (Lipinski definition) is 1. The smallest absolute Gasteiger partial charge is 0.342 e. The number of nitrogens with zero attached hydrogens (tertiary/aromatic N) is 1. The van der Waals surface area contributed by atoms with Crippen LogP contribution in [0.25, 0.3) is 0 Å². The second kappa shape index (κ2) is 5.78. The molecular weight excluding hydrogens is 272 g/mol. The molecule has 0 aliphatic rings. The standard InChI is InChI=1S/C15H16N2O4/c1-15(2,3)21-14(19)10-6-4-8-16-12(10)17-13(18)11-7-5-9-20-11/h4-9H,1-3H3,(H,16,17,18). The Morgan fingerprint density at radius 2 is 2.00 bits per heavy atom. The van der Waals surface area contributed by atoms with E-state index in [1.165, 1.54) is 18.5 Å². The maximum absolute atomic E-state index is 12.1. The molecule has 0 aromatic carbocycles. The highest BCUT2D eigenvalue weighted by Crippen LogP contribution is 2.18. The number of hydrogen-bond acceptors (Lipinski definition) is 5. The van der Waals surface area contributed by atoms with Gasteiger partial charge in [-0.2, -0.15) is 0 Å². The Balaban J connectivity index is 2.21. The largest absolute Gasteiger partial charge is 0.459 e. The Labute approximate surface area is 122 Å². The molecular formula is C15H16N2O4. The molecule has 0 bridgehead atoms. The number of aromatic nitrogens is 1. The lowest BCUT2D eigenvalue weighted by atomic mass is 10.2. The van der Waals surface area contributed by atoms with Crippen LogP contribution >= 0.6 is 0 Å². The minimum Gasteiger partial charge on any atom is -0.459 e. The van der Waals surface area contributed by atoms with Gasteiger partial charge in [-0.05, 0) is 45.0 Å². The number of carbonyl (C=O) groups excluding carboxylic acids is 2. The molecule has 110 valence electrons. The number of furan rings is 1. The van der Waals surface area contributed by atoms with Gasteiger partial charge in [0.25, 0.3) is 5.91 Å². The van der Waals surface area contributed by atoms with Crippen LogP contribution < -0.4 is 5.32 Å². The first-order chi connectivity index (χ1) is 9.87. The number of carbonyl (C=O) groups is 2. The Hall–Kier alpha value is -2.63. The number of rotatable bonds is 3. The Morgan fingerprint density at radius 3 is 2.62 bits per heavy atom. The fourth-order valence-corrected chi connectivity index (χ4v) is 1.58. The number of amides is 1. The molecule has 6 nitrogen and oxygen atoms in total. The first kappa shape index (κ1) is 14.8. The second-order valence-electron chi connectivity index (χ2n) is 5.33. The minimum atomic E-state index is -0.630. The number of anilines is 1. The van der Waals surface area contributed by atoms with Gasteiger partial charge >= 0.3 is 5.97 Å². The van der Waals surface area contributed by atoms with E-state index in [2.05, 4.69) is 10.3 Å². The van der Waals surface area contributed by atoms with E-state index in [0.717, 1.165) is 0 Å². The number of ether oxygens (including phenoxy) is 1. The zero-order chi connectivity index (χ0) is 15.5. The molecule has 1 amide bonds. The number of nitrogens with one attached hydrogen (secondary N) is 1. The average molecular weight is 288 g/mol. The molecule has 0 fully saturated rings. The highest BCUT2D eigenvalue weighted by atomic mass is 16.6. The van der Waals surface area contributed by atoms with Crippen LogP contribution in [0.15, 0.2) is 41.1 Å². The van der Waals surface area contributed by atoms with Crippen molar-refractivity contribution in [1.82, 2.24) is 4.98 Å². The molecule has 0 aliphatic heterocycles. The van der Waals surface area contributed by atoms with Crippen LogP contribution in [0.2, 0.25) is 0 Å². The zero-order valence-electron chi connectivity index (χ0n) is 12.0. The quantitative estimate of drug-likeness (QED) is 0.878. The molecule has 0 saturated heterocycles. The fraction of sp³-hybridized carbons (Fsp3) is 0.267. The minimum absolute atomic E-state index is 0.133. The third-order valence-electron chi connectivity index (χ3n) is 2.40. The molecule has 0 spiro atoms. The third-order valence-corrected chi connectivity index (χ3v) is 2.40. The fourth-order valence-electron chi connectivity index (χ4n) is 1.58. The van der Waals surface area contributed by atoms with E-state index >= 15 is 0 Å². The summed E-state index contributed by atoms with van der Waals surface area (Å²) in [6, 6.07) is 6.26. The molecule has 0 atom stereocenters. The van der Waals surface area contributed by atoms with Gasteiger partial charge in [0.15, 0.2) is 5.76 Å². The second-order valence-corrected chi connectivity index (χ2v) is 5.33. The van der Waals surface area contributed by atoms with Crippen molar-refractivity contribution in [3.05, 3.63) is 48.0 Å². The van der Waals surface area contributed by atoms with Crippen LogP contribution in [0.5, 0.6) is 0 Å². The summed E-state index contributed by atoms with van der Waals surface area (Å²) in [6.45, 7) is 5.30. The Morgan fingerprint density at radius 1 is 1.24 bits per heavy atom. The van der Waals surface area contributed by atoms with Gasteiger partial charge in [-0.1, -0.05) is 0 Å². The van der Waals surface area contributed by atoms with Gasteiger partial charge in [-0.3, -0.25) is 4.79 Å². The lowest BCUT2D eigenvalue weighted by Crippen LogP contribution is -2.25. The van der Waals surface area contributed by atoms with Gasteiger partial charge in [-0.15, -0.1) is 0 Å². The maximum atomic E-state index is 12.1. The highest BCUT2D eigenvalue weighted by molar-refractivity contribution is 6.05. The van der Waals surface area contributed by atoms with Crippen molar-refractivity contribution in [2.75, 3.05) is 5.32 Å². The van der Waals surface area contributed by atoms with Gasteiger partial charge < -0.3 is 14.5 Å². The van der Waals surface area contributed by atoms with E-state index in [4.69, 9.17) is 9.15 Å². The SMILES string of the molecule is CC(C)(C)OC(=O)c1cccnc1NC(=O)c1ccco1. The van der Waals surface area contributed by atoms with Crippen LogP contribution in [-0.2, 0) is 4.74 Å². The molecule has 0 radical (unpaired) electrons. The monoisotopic (exact) mass is 288 g/mol. The lowest BCUT2D eigenvalue weighted by molar-refractivity contribution is 0.00704. The summed E-state index contributed by atoms with van der Waals surface area (Å²) in [7, 11) is 0. The first-order valence-electron chi connectivity index (χ1n) is 6.40. The van der Waals surface area contributed by atoms with Crippen molar-refractivity contribution >= 4 is 17.7 Å². The van der Waals surface area contributed by atoms with E-state index in [0.29, 0.717) is 0 Å². The van der Waals surface area contributed by atoms with E-state index in [1.54, 1.807) is 39.0 Å². The molecule has 21 heavy (non-hydrogen) atoms. The van der Waals surface area contributed by atoms with E-state index < -0.39 is 17.5 Å². The predicted octanol–water partition coefficient (Wildman–Crippen LogP) is 2.88. The van der Waals surface area contributed by atoms with Crippen LogP contribution in [0.3, 0.4) is 0 Å². The van der Waals surface area contributed by atoms with E-state index in [9.17, 15) is 9.59 Å². The zero-order valence-corrected chi connectivity index (χ0v) is 12.0. The molecule has 2 aromatic rings. The molecule has 2 rings (SSSR count). The number of pyridine rings is 1. The average Bonchev–Trinajstić information content (AvgIpc) is 2.91. The van der Waals surface area contributed by atoms with Crippen molar-refractivity contribution in [3.8, 4) is 0 Å². The van der Waals surface area contributed by atoms with Gasteiger partial charge in [0, 0.05) is 6.20 Å².